The van der Waals surface area contributed by atoms with E-state index in [4.69, 9.17) is 9.72 Å². The minimum atomic E-state index is -1.31. The monoisotopic (exact) mass is 521 g/mol. The Kier molecular flexibility index (Phi) is 6.04. The summed E-state index contributed by atoms with van der Waals surface area (Å²) in [7, 11) is 0. The maximum Gasteiger partial charge on any atom is 0.407 e. The topological polar surface area (TPSA) is 127 Å². The zero-order chi connectivity index (χ0) is 26.4. The molecular formula is C26H32FN9O2. The number of H-pyrrole nitrogens is 1. The summed E-state index contributed by atoms with van der Waals surface area (Å²) >= 11 is 0. The summed E-state index contributed by atoms with van der Waals surface area (Å²) in [5, 5.41) is 17.8. The number of halogens is 1. The van der Waals surface area contributed by atoms with E-state index in [1.807, 2.05) is 34.5 Å². The van der Waals surface area contributed by atoms with Gasteiger partial charge in [-0.15, -0.1) is 0 Å². The van der Waals surface area contributed by atoms with Crippen LogP contribution in [0.4, 0.5) is 21.0 Å². The van der Waals surface area contributed by atoms with E-state index < -0.39 is 24.3 Å². The molecule has 0 bridgehead atoms. The lowest BCUT2D eigenvalue weighted by molar-refractivity contribution is 0.0546. The van der Waals surface area contributed by atoms with Gasteiger partial charge in [-0.2, -0.15) is 10.2 Å². The second kappa shape index (κ2) is 9.41. The first-order valence-electron chi connectivity index (χ1n) is 13.1. The average Bonchev–Trinajstić information content (AvgIpc) is 3.39. The van der Waals surface area contributed by atoms with Gasteiger partial charge in [0, 0.05) is 60.0 Å². The number of ether oxygens (including phenoxy) is 1. The molecule has 4 aromatic rings. The molecule has 4 aromatic heterocycles. The van der Waals surface area contributed by atoms with Crippen LogP contribution in [0.2, 0.25) is 0 Å². The molecule has 0 spiro atoms. The van der Waals surface area contributed by atoms with Gasteiger partial charge in [0.05, 0.1) is 11.9 Å². The van der Waals surface area contributed by atoms with Gasteiger partial charge in [-0.1, -0.05) is 13.8 Å². The standard InChI is InChI=1S/C26H32FN9O2/c1-15(2)13-35-14-16(12-29-35)18-11-22-28-8-9-36(22)24(30-18)31-21-10-19(33-34-21)17-4-5-20(23(17)27)38-25(37)32-26(3)6-7-26/h8-12,14-15,17,20,23H,4-7,13H2,1-3H3,(H,32,37)(H2,30,31,33,34)/t17-,20-,23-/m1/s1. The highest BCUT2D eigenvalue weighted by molar-refractivity contribution is 5.69. The van der Waals surface area contributed by atoms with Crippen LogP contribution >= 0.6 is 0 Å². The summed E-state index contributed by atoms with van der Waals surface area (Å²) in [5.74, 6) is 1.07. The van der Waals surface area contributed by atoms with Gasteiger partial charge >= 0.3 is 6.09 Å². The van der Waals surface area contributed by atoms with Gasteiger partial charge in [0.2, 0.25) is 5.95 Å². The molecule has 0 aliphatic heterocycles. The van der Waals surface area contributed by atoms with Crippen molar-refractivity contribution in [2.24, 2.45) is 5.92 Å². The molecule has 6 rings (SSSR count). The molecule has 2 saturated carbocycles. The quantitative estimate of drug-likeness (QED) is 0.310. The minimum Gasteiger partial charge on any atom is -0.443 e. The third-order valence-electron chi connectivity index (χ3n) is 7.27. The number of aromatic nitrogens is 7. The van der Waals surface area contributed by atoms with Crippen LogP contribution in [0.5, 0.6) is 0 Å². The van der Waals surface area contributed by atoms with E-state index in [2.05, 4.69) is 44.8 Å². The predicted molar refractivity (Wildman–Crippen MR) is 139 cm³/mol. The number of carbonyl (C=O) groups is 1. The summed E-state index contributed by atoms with van der Waals surface area (Å²) < 4.78 is 24.4. The lowest BCUT2D eigenvalue weighted by Crippen LogP contribution is -2.38. The minimum absolute atomic E-state index is 0.203. The summed E-state index contributed by atoms with van der Waals surface area (Å²) in [6.07, 6.45) is 7.51. The molecule has 1 amide bonds. The Hall–Kier alpha value is -3.96. The number of hydrogen-bond donors (Lipinski definition) is 3. The SMILES string of the molecule is CC(C)Cn1cc(-c2cc3nccn3c(Nc3cc([C@H]4CC[C@@H](OC(=O)NC5(C)CC5)[C@@H]4F)[nH]n3)n2)cn1. The number of alkyl halides is 1. The molecule has 0 unspecified atom stereocenters. The lowest BCUT2D eigenvalue weighted by atomic mass is 10.0. The number of nitrogens with zero attached hydrogens (tertiary/aromatic N) is 6. The van der Waals surface area contributed by atoms with E-state index in [1.165, 1.54) is 0 Å². The number of imidazole rings is 1. The number of rotatable bonds is 8. The van der Waals surface area contributed by atoms with Crippen LogP contribution in [0, 0.1) is 5.92 Å². The van der Waals surface area contributed by atoms with Gasteiger partial charge in [-0.25, -0.2) is 19.2 Å². The second-order valence-electron chi connectivity index (χ2n) is 11.1. The summed E-state index contributed by atoms with van der Waals surface area (Å²) in [5.41, 5.74) is 2.79. The van der Waals surface area contributed by atoms with Crippen molar-refractivity contribution in [3.8, 4) is 11.3 Å². The van der Waals surface area contributed by atoms with E-state index in [1.54, 1.807) is 18.5 Å². The van der Waals surface area contributed by atoms with E-state index in [-0.39, 0.29) is 5.54 Å². The Balaban J connectivity index is 1.17. The van der Waals surface area contributed by atoms with E-state index in [0.29, 0.717) is 36.2 Å². The molecule has 38 heavy (non-hydrogen) atoms. The number of anilines is 2. The molecule has 2 fully saturated rings. The highest BCUT2D eigenvalue weighted by atomic mass is 19.1. The Morgan fingerprint density at radius 1 is 1.32 bits per heavy atom. The average molecular weight is 522 g/mol. The highest BCUT2D eigenvalue weighted by Gasteiger charge is 2.43. The molecule has 3 atom stereocenters. The van der Waals surface area contributed by atoms with Crippen molar-refractivity contribution in [3.05, 3.63) is 42.6 Å². The number of fused-ring (bicyclic) bond motifs is 1. The summed E-state index contributed by atoms with van der Waals surface area (Å²) in [4.78, 5) is 21.4. The van der Waals surface area contributed by atoms with Crippen molar-refractivity contribution in [2.75, 3.05) is 5.32 Å². The predicted octanol–water partition coefficient (Wildman–Crippen LogP) is 4.58. The Labute approximate surface area is 219 Å². The smallest absolute Gasteiger partial charge is 0.407 e. The molecule has 2 aliphatic rings. The third-order valence-corrected chi connectivity index (χ3v) is 7.27. The number of nitrogens with one attached hydrogen (secondary N) is 3. The van der Waals surface area contributed by atoms with E-state index >= 15 is 4.39 Å². The summed E-state index contributed by atoms with van der Waals surface area (Å²) in [6, 6.07) is 3.69. The Morgan fingerprint density at radius 2 is 2.16 bits per heavy atom. The zero-order valence-corrected chi connectivity index (χ0v) is 21.7. The van der Waals surface area contributed by atoms with Gasteiger partial charge in [-0.05, 0) is 38.5 Å². The van der Waals surface area contributed by atoms with Crippen molar-refractivity contribution in [1.82, 2.24) is 39.7 Å². The number of aromatic amines is 1. The molecule has 2 aliphatic carbocycles. The van der Waals surface area contributed by atoms with Crippen LogP contribution in [0.15, 0.2) is 36.9 Å². The van der Waals surface area contributed by atoms with Crippen LogP contribution < -0.4 is 10.6 Å². The van der Waals surface area contributed by atoms with Crippen LogP contribution in [-0.4, -0.2) is 58.3 Å². The zero-order valence-electron chi connectivity index (χ0n) is 21.7. The van der Waals surface area contributed by atoms with Crippen LogP contribution in [0.1, 0.15) is 58.1 Å². The fourth-order valence-corrected chi connectivity index (χ4v) is 4.93. The molecule has 11 nitrogen and oxygen atoms in total. The Bertz CT molecular complexity index is 1450. The molecular weight excluding hydrogens is 489 g/mol. The first kappa shape index (κ1) is 24.4. The van der Waals surface area contributed by atoms with Crippen molar-refractivity contribution in [3.63, 3.8) is 0 Å². The number of carbonyl (C=O) groups excluding carboxylic acids is 1. The molecule has 0 radical (unpaired) electrons. The molecule has 0 aromatic carbocycles. The maximum atomic E-state index is 15.3. The fourth-order valence-electron chi connectivity index (χ4n) is 4.93. The van der Waals surface area contributed by atoms with Gasteiger partial charge in [0.25, 0.3) is 0 Å². The van der Waals surface area contributed by atoms with Crippen LogP contribution in [0.3, 0.4) is 0 Å². The molecule has 12 heteroatoms. The largest absolute Gasteiger partial charge is 0.443 e. The molecule has 200 valence electrons. The Morgan fingerprint density at radius 3 is 2.95 bits per heavy atom. The number of amides is 1. The molecule has 3 N–H and O–H groups in total. The van der Waals surface area contributed by atoms with Crippen molar-refractivity contribution < 1.29 is 13.9 Å². The second-order valence-corrected chi connectivity index (χ2v) is 11.1. The first-order valence-corrected chi connectivity index (χ1v) is 13.1. The normalized spacial score (nSPS) is 22.2. The van der Waals surface area contributed by atoms with E-state index in [9.17, 15) is 4.79 Å². The number of alkyl carbamates (subject to hydrolysis) is 1. The van der Waals surface area contributed by atoms with Crippen molar-refractivity contribution in [1.29, 1.82) is 0 Å². The van der Waals surface area contributed by atoms with Gasteiger partial charge in [-0.3, -0.25) is 14.2 Å². The molecule has 4 heterocycles. The van der Waals surface area contributed by atoms with Crippen molar-refractivity contribution in [2.45, 2.75) is 76.7 Å². The highest BCUT2D eigenvalue weighted by Crippen LogP contribution is 2.39. The molecule has 0 saturated heterocycles. The number of hydrogen-bond acceptors (Lipinski definition) is 7. The van der Waals surface area contributed by atoms with Gasteiger partial charge in [0.1, 0.15) is 17.9 Å². The third kappa shape index (κ3) is 4.94. The van der Waals surface area contributed by atoms with E-state index in [0.717, 1.165) is 36.3 Å². The summed E-state index contributed by atoms with van der Waals surface area (Å²) in [6.45, 7) is 7.07. The van der Waals surface area contributed by atoms with Gasteiger partial charge in [0.15, 0.2) is 5.82 Å². The van der Waals surface area contributed by atoms with Crippen LogP contribution in [0.25, 0.3) is 16.9 Å². The van der Waals surface area contributed by atoms with Gasteiger partial charge < -0.3 is 15.4 Å². The first-order chi connectivity index (χ1) is 18.3. The van der Waals surface area contributed by atoms with Crippen LogP contribution in [-0.2, 0) is 11.3 Å². The van der Waals surface area contributed by atoms with Crippen molar-refractivity contribution >= 4 is 23.5 Å². The lowest BCUT2D eigenvalue weighted by Gasteiger charge is -2.19. The maximum absolute atomic E-state index is 15.3. The fraction of sp³-hybridized carbons (Fsp3) is 0.500.